The minimum Gasteiger partial charge on any atom is -0.439 e. The number of aromatic nitrogens is 1. The molecule has 0 spiro atoms. The summed E-state index contributed by atoms with van der Waals surface area (Å²) < 4.78 is 20.6. The lowest BCUT2D eigenvalue weighted by molar-refractivity contribution is 0.448. The molecule has 1 heterocycles. The van der Waals surface area contributed by atoms with Crippen molar-refractivity contribution in [1.29, 1.82) is 0 Å². The van der Waals surface area contributed by atoms with Crippen LogP contribution in [0.2, 0.25) is 0 Å². The smallest absolute Gasteiger partial charge is 0.223 e. The van der Waals surface area contributed by atoms with Crippen LogP contribution in [0.1, 0.15) is 18.4 Å². The Balaban J connectivity index is 1.80. The van der Waals surface area contributed by atoms with E-state index in [0.29, 0.717) is 28.7 Å². The Hall–Kier alpha value is -0.980. The molecule has 0 amide bonds. The van der Waals surface area contributed by atoms with Crippen molar-refractivity contribution >= 4 is 31.9 Å². The second kappa shape index (κ2) is 6.42. The van der Waals surface area contributed by atoms with Crippen molar-refractivity contribution in [1.82, 2.24) is 10.3 Å². The summed E-state index contributed by atoms with van der Waals surface area (Å²) in [6.45, 7) is 0.686. The average molecular weight is 416 g/mol. The molecule has 2 aromatic rings. The van der Waals surface area contributed by atoms with Crippen molar-refractivity contribution < 1.29 is 9.13 Å². The molecule has 0 unspecified atom stereocenters. The lowest BCUT2D eigenvalue weighted by atomic mass is 10.2. The van der Waals surface area contributed by atoms with Gasteiger partial charge in [0.15, 0.2) is 0 Å². The lowest BCUT2D eigenvalue weighted by Crippen LogP contribution is -2.16. The van der Waals surface area contributed by atoms with Gasteiger partial charge in [0.1, 0.15) is 11.6 Å². The summed E-state index contributed by atoms with van der Waals surface area (Å²) in [5.41, 5.74) is 0.944. The molecule has 21 heavy (non-hydrogen) atoms. The molecule has 1 aromatic carbocycles. The maximum atomic E-state index is 13.5. The highest BCUT2D eigenvalue weighted by Gasteiger charge is 2.21. The number of hydrogen-bond donors (Lipinski definition) is 1. The highest BCUT2D eigenvalue weighted by molar-refractivity contribution is 9.10. The zero-order valence-corrected chi connectivity index (χ0v) is 14.2. The Bertz CT molecular complexity index is 662. The van der Waals surface area contributed by atoms with Gasteiger partial charge >= 0.3 is 0 Å². The van der Waals surface area contributed by atoms with Gasteiger partial charge in [0.2, 0.25) is 5.88 Å². The third-order valence-corrected chi connectivity index (χ3v) is 4.23. The largest absolute Gasteiger partial charge is 0.439 e. The number of hydrogen-bond acceptors (Lipinski definition) is 3. The molecule has 1 aliphatic rings. The monoisotopic (exact) mass is 414 g/mol. The fraction of sp³-hybridized carbons (Fsp3) is 0.267. The molecule has 1 aromatic heterocycles. The summed E-state index contributed by atoms with van der Waals surface area (Å²) in [7, 11) is 0. The second-order valence-corrected chi connectivity index (χ2v) is 6.72. The summed E-state index contributed by atoms with van der Waals surface area (Å²) in [5.74, 6) is 0.563. The van der Waals surface area contributed by atoms with Crippen molar-refractivity contribution in [2.24, 2.45) is 0 Å². The Morgan fingerprint density at radius 2 is 2.10 bits per heavy atom. The van der Waals surface area contributed by atoms with E-state index in [-0.39, 0.29) is 5.82 Å². The van der Waals surface area contributed by atoms with Crippen molar-refractivity contribution in [2.45, 2.75) is 25.4 Å². The third-order valence-electron chi connectivity index (χ3n) is 3.16. The minimum absolute atomic E-state index is 0.359. The predicted octanol–water partition coefficient (Wildman–Crippen LogP) is 4.79. The van der Waals surface area contributed by atoms with Crippen molar-refractivity contribution in [3.8, 4) is 11.6 Å². The van der Waals surface area contributed by atoms with Crippen LogP contribution in [0.5, 0.6) is 11.6 Å². The molecule has 0 radical (unpaired) electrons. The average Bonchev–Trinajstić information content (AvgIpc) is 3.27. The van der Waals surface area contributed by atoms with Gasteiger partial charge in [-0.05, 0) is 62.9 Å². The van der Waals surface area contributed by atoms with Crippen LogP contribution >= 0.6 is 31.9 Å². The van der Waals surface area contributed by atoms with Gasteiger partial charge in [0.05, 0.1) is 4.47 Å². The number of halogens is 3. The molecule has 110 valence electrons. The van der Waals surface area contributed by atoms with Gasteiger partial charge < -0.3 is 10.1 Å². The van der Waals surface area contributed by atoms with Crippen LogP contribution < -0.4 is 10.1 Å². The zero-order valence-electron chi connectivity index (χ0n) is 11.1. The van der Waals surface area contributed by atoms with Crippen LogP contribution in [0.15, 0.2) is 39.4 Å². The number of nitrogens with zero attached hydrogens (tertiary/aromatic N) is 1. The number of rotatable bonds is 5. The molecule has 3 rings (SSSR count). The van der Waals surface area contributed by atoms with Crippen LogP contribution in [0, 0.1) is 5.82 Å². The molecule has 0 saturated heterocycles. The first-order chi connectivity index (χ1) is 10.1. The highest BCUT2D eigenvalue weighted by Crippen LogP contribution is 2.29. The van der Waals surface area contributed by atoms with Gasteiger partial charge in [-0.25, -0.2) is 9.37 Å². The normalized spacial score (nSPS) is 14.2. The number of benzene rings is 1. The molecular formula is C15H13Br2FN2O. The fourth-order valence-electron chi connectivity index (χ4n) is 1.88. The van der Waals surface area contributed by atoms with Gasteiger partial charge in [0, 0.05) is 34.9 Å². The van der Waals surface area contributed by atoms with E-state index in [2.05, 4.69) is 42.2 Å². The summed E-state index contributed by atoms with van der Waals surface area (Å²) >= 11 is 6.54. The van der Waals surface area contributed by atoms with Gasteiger partial charge in [0.25, 0.3) is 0 Å². The second-order valence-electron chi connectivity index (χ2n) is 4.95. The van der Waals surface area contributed by atoms with Crippen LogP contribution in [0.25, 0.3) is 0 Å². The quantitative estimate of drug-likeness (QED) is 0.762. The van der Waals surface area contributed by atoms with E-state index >= 15 is 0 Å². The van der Waals surface area contributed by atoms with E-state index in [1.54, 1.807) is 18.3 Å². The summed E-state index contributed by atoms with van der Waals surface area (Å²) in [6, 6.07) is 7.22. The van der Waals surface area contributed by atoms with Crippen LogP contribution in [-0.2, 0) is 6.54 Å². The fourth-order valence-corrected chi connectivity index (χ4v) is 2.51. The number of nitrogens with one attached hydrogen (secondary N) is 1. The Morgan fingerprint density at radius 3 is 2.81 bits per heavy atom. The maximum Gasteiger partial charge on any atom is 0.223 e. The Labute approximate surface area is 139 Å². The van der Waals surface area contributed by atoms with Crippen molar-refractivity contribution in [3.05, 3.63) is 50.8 Å². The van der Waals surface area contributed by atoms with Crippen LogP contribution in [0.3, 0.4) is 0 Å². The van der Waals surface area contributed by atoms with E-state index in [1.165, 1.54) is 18.9 Å². The van der Waals surface area contributed by atoms with Crippen molar-refractivity contribution in [2.75, 3.05) is 0 Å². The SMILES string of the molecule is Fc1cc(Oc2ncc(Br)cc2CNC2CC2)ccc1Br. The standard InChI is InChI=1S/C15H13Br2FN2O/c16-10-5-9(7-19-11-1-2-11)15(20-8-10)21-12-3-4-13(17)14(18)6-12/h3-6,8,11,19H,1-2,7H2. The molecule has 3 nitrogen and oxygen atoms in total. The molecule has 0 aliphatic heterocycles. The van der Waals surface area contributed by atoms with E-state index in [9.17, 15) is 4.39 Å². The summed E-state index contributed by atoms with van der Waals surface area (Å²) in [4.78, 5) is 4.28. The minimum atomic E-state index is -0.359. The number of pyridine rings is 1. The van der Waals surface area contributed by atoms with Gasteiger partial charge in [-0.15, -0.1) is 0 Å². The molecule has 1 N–H and O–H groups in total. The summed E-state index contributed by atoms with van der Waals surface area (Å²) in [6.07, 6.45) is 4.11. The zero-order chi connectivity index (χ0) is 14.8. The first-order valence-corrected chi connectivity index (χ1v) is 8.21. The molecule has 0 atom stereocenters. The van der Waals surface area contributed by atoms with Crippen LogP contribution in [-0.4, -0.2) is 11.0 Å². The highest BCUT2D eigenvalue weighted by atomic mass is 79.9. The molecule has 1 aliphatic carbocycles. The molecule has 1 fully saturated rings. The van der Waals surface area contributed by atoms with Crippen molar-refractivity contribution in [3.63, 3.8) is 0 Å². The first kappa shape index (κ1) is 14.9. The number of ether oxygens (including phenoxy) is 1. The van der Waals surface area contributed by atoms with Crippen LogP contribution in [0.4, 0.5) is 4.39 Å². The summed E-state index contributed by atoms with van der Waals surface area (Å²) in [5, 5.41) is 3.42. The topological polar surface area (TPSA) is 34.1 Å². The molecule has 1 saturated carbocycles. The van der Waals surface area contributed by atoms with Gasteiger partial charge in [-0.1, -0.05) is 0 Å². The van der Waals surface area contributed by atoms with E-state index < -0.39 is 0 Å². The van der Waals surface area contributed by atoms with E-state index in [1.807, 2.05) is 6.07 Å². The first-order valence-electron chi connectivity index (χ1n) is 6.62. The lowest BCUT2D eigenvalue weighted by Gasteiger charge is -2.11. The van der Waals surface area contributed by atoms with E-state index in [0.717, 1.165) is 10.0 Å². The molecule has 0 bridgehead atoms. The van der Waals surface area contributed by atoms with E-state index in [4.69, 9.17) is 4.74 Å². The van der Waals surface area contributed by atoms with Gasteiger partial charge in [-0.2, -0.15) is 0 Å². The maximum absolute atomic E-state index is 13.5. The molecule has 6 heteroatoms. The third kappa shape index (κ3) is 4.02. The Kier molecular flexibility index (Phi) is 4.57. The van der Waals surface area contributed by atoms with Gasteiger partial charge in [-0.3, -0.25) is 0 Å². The predicted molar refractivity (Wildman–Crippen MR) is 86.0 cm³/mol. The Morgan fingerprint density at radius 1 is 1.29 bits per heavy atom. The molecular weight excluding hydrogens is 403 g/mol.